The van der Waals surface area contributed by atoms with Gasteiger partial charge in [0.25, 0.3) is 0 Å². The fraction of sp³-hybridized carbons (Fsp3) is 0.267. The lowest BCUT2D eigenvalue weighted by atomic mass is 10.2. The molecule has 0 aliphatic heterocycles. The second-order valence-electron chi connectivity index (χ2n) is 5.00. The van der Waals surface area contributed by atoms with Crippen LogP contribution in [0.2, 0.25) is 0 Å². The number of carbonyl (C=O) groups is 1. The van der Waals surface area contributed by atoms with Crippen molar-refractivity contribution in [3.63, 3.8) is 0 Å². The molecular formula is C15H14F3NO3S2. The van der Waals surface area contributed by atoms with Gasteiger partial charge in [-0.15, -0.1) is 11.3 Å². The Balaban J connectivity index is 2.04. The summed E-state index contributed by atoms with van der Waals surface area (Å²) in [7, 11) is -4.04. The molecule has 0 atom stereocenters. The van der Waals surface area contributed by atoms with E-state index in [1.165, 1.54) is 18.3 Å². The third-order valence-electron chi connectivity index (χ3n) is 3.14. The minimum atomic E-state index is -4.61. The maximum Gasteiger partial charge on any atom is 0.416 e. The predicted octanol–water partition coefficient (Wildman–Crippen LogP) is 3.49. The zero-order chi connectivity index (χ0) is 18.0. The Labute approximate surface area is 141 Å². The summed E-state index contributed by atoms with van der Waals surface area (Å²) in [5.74, 6) is -0.0733. The van der Waals surface area contributed by atoms with E-state index in [0.29, 0.717) is 17.4 Å². The van der Waals surface area contributed by atoms with Crippen molar-refractivity contribution in [2.24, 2.45) is 0 Å². The zero-order valence-corrected chi connectivity index (χ0v) is 14.2. The van der Waals surface area contributed by atoms with Crippen LogP contribution in [0.25, 0.3) is 0 Å². The average molecular weight is 377 g/mol. The van der Waals surface area contributed by atoms with E-state index in [2.05, 4.69) is 4.72 Å². The quantitative estimate of drug-likeness (QED) is 0.784. The van der Waals surface area contributed by atoms with Crippen LogP contribution in [0.5, 0.6) is 0 Å². The normalized spacial score (nSPS) is 12.3. The molecule has 0 aliphatic rings. The second-order valence-corrected chi connectivity index (χ2v) is 7.93. The number of ketones is 1. The summed E-state index contributed by atoms with van der Waals surface area (Å²) in [5, 5.41) is 0. The number of thiophene rings is 1. The third-order valence-corrected chi connectivity index (χ3v) is 5.85. The second kappa shape index (κ2) is 7.04. The van der Waals surface area contributed by atoms with Crippen molar-refractivity contribution >= 4 is 27.1 Å². The topological polar surface area (TPSA) is 63.2 Å². The molecule has 0 saturated heterocycles. The molecule has 4 nitrogen and oxygen atoms in total. The van der Waals surface area contributed by atoms with Gasteiger partial charge in [-0.1, -0.05) is 6.07 Å². The van der Waals surface area contributed by atoms with E-state index in [1.807, 2.05) is 0 Å². The molecule has 2 aromatic rings. The highest BCUT2D eigenvalue weighted by molar-refractivity contribution is 7.89. The van der Waals surface area contributed by atoms with Crippen molar-refractivity contribution < 1.29 is 26.4 Å². The van der Waals surface area contributed by atoms with Gasteiger partial charge in [0.05, 0.1) is 15.3 Å². The molecular weight excluding hydrogens is 363 g/mol. The van der Waals surface area contributed by atoms with Crippen LogP contribution in [-0.2, 0) is 22.6 Å². The first-order valence-corrected chi connectivity index (χ1v) is 9.16. The Morgan fingerprint density at radius 2 is 1.92 bits per heavy atom. The SMILES string of the molecule is CC(=O)c1ccc(CCNS(=O)(=O)c2cccc(C(F)(F)F)c2)s1. The van der Waals surface area contributed by atoms with E-state index in [-0.39, 0.29) is 12.3 Å². The number of Topliss-reactive ketones (excluding diaryl/α,β-unsaturated/α-hetero) is 1. The van der Waals surface area contributed by atoms with Crippen LogP contribution in [0.15, 0.2) is 41.3 Å². The van der Waals surface area contributed by atoms with Crippen LogP contribution in [0, 0.1) is 0 Å². The van der Waals surface area contributed by atoms with E-state index in [1.54, 1.807) is 12.1 Å². The molecule has 0 spiro atoms. The number of benzene rings is 1. The standard InChI is InChI=1S/C15H14F3NO3S2/c1-10(20)14-6-5-12(23-14)7-8-19-24(21,22)13-4-2-3-11(9-13)15(16,17)18/h2-6,9,19H,7-8H2,1H3. The van der Waals surface area contributed by atoms with Crippen molar-refractivity contribution in [3.8, 4) is 0 Å². The Morgan fingerprint density at radius 1 is 1.21 bits per heavy atom. The maximum absolute atomic E-state index is 12.7. The van der Waals surface area contributed by atoms with E-state index in [9.17, 15) is 26.4 Å². The molecule has 24 heavy (non-hydrogen) atoms. The number of hydrogen-bond donors (Lipinski definition) is 1. The maximum atomic E-state index is 12.7. The molecule has 1 heterocycles. The summed E-state index contributed by atoms with van der Waals surface area (Å²) in [6.45, 7) is 1.46. The molecule has 1 aromatic carbocycles. The Bertz CT molecular complexity index is 842. The smallest absolute Gasteiger partial charge is 0.294 e. The predicted molar refractivity (Wildman–Crippen MR) is 84.7 cm³/mol. The van der Waals surface area contributed by atoms with Crippen LogP contribution < -0.4 is 4.72 Å². The summed E-state index contributed by atoms with van der Waals surface area (Å²) in [4.78, 5) is 12.1. The van der Waals surface area contributed by atoms with Gasteiger partial charge in [-0.05, 0) is 43.7 Å². The molecule has 130 valence electrons. The first kappa shape index (κ1) is 18.6. The molecule has 0 fully saturated rings. The van der Waals surface area contributed by atoms with Gasteiger partial charge in [0.15, 0.2) is 5.78 Å². The van der Waals surface area contributed by atoms with Gasteiger partial charge >= 0.3 is 6.18 Å². The number of nitrogens with one attached hydrogen (secondary N) is 1. The summed E-state index contributed by atoms with van der Waals surface area (Å²) >= 11 is 1.26. The monoisotopic (exact) mass is 377 g/mol. The molecule has 0 aliphatic carbocycles. The molecule has 9 heteroatoms. The van der Waals surface area contributed by atoms with Gasteiger partial charge in [-0.25, -0.2) is 13.1 Å². The Hall–Kier alpha value is -1.71. The molecule has 2 rings (SSSR count). The minimum Gasteiger partial charge on any atom is -0.294 e. The zero-order valence-electron chi connectivity index (χ0n) is 12.6. The molecule has 0 unspecified atom stereocenters. The van der Waals surface area contributed by atoms with Gasteiger partial charge in [0.1, 0.15) is 0 Å². The van der Waals surface area contributed by atoms with Crippen molar-refractivity contribution in [2.75, 3.05) is 6.54 Å². The number of hydrogen-bond acceptors (Lipinski definition) is 4. The highest BCUT2D eigenvalue weighted by Gasteiger charge is 2.31. The van der Waals surface area contributed by atoms with Gasteiger partial charge in [0, 0.05) is 11.4 Å². The van der Waals surface area contributed by atoms with Gasteiger partial charge in [-0.2, -0.15) is 13.2 Å². The van der Waals surface area contributed by atoms with E-state index in [4.69, 9.17) is 0 Å². The third kappa shape index (κ3) is 4.65. The first-order chi connectivity index (χ1) is 11.1. The van der Waals surface area contributed by atoms with Crippen molar-refractivity contribution in [3.05, 3.63) is 51.7 Å². The van der Waals surface area contributed by atoms with Crippen LogP contribution >= 0.6 is 11.3 Å². The Morgan fingerprint density at radius 3 is 2.50 bits per heavy atom. The molecule has 0 saturated carbocycles. The van der Waals surface area contributed by atoms with Gasteiger partial charge < -0.3 is 0 Å². The Kier molecular flexibility index (Phi) is 5.46. The fourth-order valence-electron chi connectivity index (χ4n) is 1.93. The number of sulfonamides is 1. The van der Waals surface area contributed by atoms with Crippen LogP contribution in [-0.4, -0.2) is 20.7 Å². The number of rotatable bonds is 6. The molecule has 0 bridgehead atoms. The fourth-order valence-corrected chi connectivity index (χ4v) is 3.91. The van der Waals surface area contributed by atoms with Crippen LogP contribution in [0.4, 0.5) is 13.2 Å². The van der Waals surface area contributed by atoms with E-state index >= 15 is 0 Å². The summed E-state index contributed by atoms with van der Waals surface area (Å²) in [6.07, 6.45) is -4.26. The van der Waals surface area contributed by atoms with Crippen LogP contribution in [0.1, 0.15) is 27.0 Å². The number of carbonyl (C=O) groups excluding carboxylic acids is 1. The van der Waals surface area contributed by atoms with Crippen LogP contribution in [0.3, 0.4) is 0 Å². The van der Waals surface area contributed by atoms with Gasteiger partial charge in [-0.3, -0.25) is 4.79 Å². The average Bonchev–Trinajstić information content (AvgIpc) is 2.95. The lowest BCUT2D eigenvalue weighted by Gasteiger charge is -2.10. The largest absolute Gasteiger partial charge is 0.416 e. The van der Waals surface area contributed by atoms with E-state index < -0.39 is 26.7 Å². The molecule has 0 radical (unpaired) electrons. The van der Waals surface area contributed by atoms with Crippen molar-refractivity contribution in [1.29, 1.82) is 0 Å². The number of alkyl halides is 3. The summed E-state index contributed by atoms with van der Waals surface area (Å²) in [6, 6.07) is 6.95. The lowest BCUT2D eigenvalue weighted by molar-refractivity contribution is -0.137. The molecule has 1 aromatic heterocycles. The number of halogens is 3. The summed E-state index contributed by atoms with van der Waals surface area (Å²) < 4.78 is 64.4. The highest BCUT2D eigenvalue weighted by atomic mass is 32.2. The molecule has 0 amide bonds. The van der Waals surface area contributed by atoms with Crippen molar-refractivity contribution in [2.45, 2.75) is 24.4 Å². The lowest BCUT2D eigenvalue weighted by Crippen LogP contribution is -2.26. The van der Waals surface area contributed by atoms with Gasteiger partial charge in [0.2, 0.25) is 10.0 Å². The van der Waals surface area contributed by atoms with E-state index in [0.717, 1.165) is 23.1 Å². The summed E-state index contributed by atoms with van der Waals surface area (Å²) in [5.41, 5.74) is -1.02. The van der Waals surface area contributed by atoms with Crippen molar-refractivity contribution in [1.82, 2.24) is 4.72 Å². The first-order valence-electron chi connectivity index (χ1n) is 6.86. The molecule has 1 N–H and O–H groups in total. The minimum absolute atomic E-state index is 0.0242. The highest BCUT2D eigenvalue weighted by Crippen LogP contribution is 2.30.